The summed E-state index contributed by atoms with van der Waals surface area (Å²) in [6.45, 7) is 4.61. The van der Waals surface area contributed by atoms with Crippen LogP contribution in [-0.2, 0) is 0 Å². The highest BCUT2D eigenvalue weighted by Gasteiger charge is 2.30. The third kappa shape index (κ3) is 2.20. The Morgan fingerprint density at radius 1 is 1.47 bits per heavy atom. The summed E-state index contributed by atoms with van der Waals surface area (Å²) < 4.78 is 5.44. The second-order valence-corrected chi connectivity index (χ2v) is 4.05. The molecule has 0 radical (unpaired) electrons. The second kappa shape index (κ2) is 4.05. The van der Waals surface area contributed by atoms with Crippen LogP contribution in [0.3, 0.4) is 0 Å². The van der Waals surface area contributed by atoms with E-state index in [1.165, 1.54) is 0 Å². The van der Waals surface area contributed by atoms with Crippen LogP contribution < -0.4 is 4.74 Å². The van der Waals surface area contributed by atoms with Crippen molar-refractivity contribution in [2.45, 2.75) is 26.7 Å². The highest BCUT2D eigenvalue weighted by Crippen LogP contribution is 2.33. The second-order valence-electron chi connectivity index (χ2n) is 4.05. The molecule has 2 rings (SSSR count). The zero-order valence-corrected chi connectivity index (χ0v) is 9.25. The molecule has 0 bridgehead atoms. The van der Waals surface area contributed by atoms with Gasteiger partial charge in [0.1, 0.15) is 5.75 Å². The number of carbonyl (C=O) groups excluding carboxylic acids is 1. The third-order valence-electron chi connectivity index (χ3n) is 2.71. The largest absolute Gasteiger partial charge is 0.494 e. The molecule has 0 unspecified atom stereocenters. The zero-order valence-electron chi connectivity index (χ0n) is 9.25. The first kappa shape index (κ1) is 10.2. The summed E-state index contributed by atoms with van der Waals surface area (Å²) in [5.74, 6) is 1.47. The topological polar surface area (TPSA) is 26.3 Å². The number of ketones is 1. The fourth-order valence-corrected chi connectivity index (χ4v) is 1.70. The Balaban J connectivity index is 2.20. The highest BCUT2D eigenvalue weighted by atomic mass is 16.5. The van der Waals surface area contributed by atoms with E-state index in [2.05, 4.69) is 0 Å². The molecule has 2 heteroatoms. The van der Waals surface area contributed by atoms with E-state index in [0.717, 1.165) is 29.7 Å². The van der Waals surface area contributed by atoms with Crippen LogP contribution in [0.25, 0.3) is 0 Å². The van der Waals surface area contributed by atoms with Gasteiger partial charge >= 0.3 is 0 Å². The summed E-state index contributed by atoms with van der Waals surface area (Å²) in [6, 6.07) is 5.71. The molecule has 0 spiro atoms. The van der Waals surface area contributed by atoms with Gasteiger partial charge in [-0.25, -0.2) is 0 Å². The molecule has 0 amide bonds. The van der Waals surface area contributed by atoms with Crippen molar-refractivity contribution in [1.29, 1.82) is 0 Å². The molecule has 80 valence electrons. The normalized spacial score (nSPS) is 15.1. The summed E-state index contributed by atoms with van der Waals surface area (Å²) in [7, 11) is 0. The summed E-state index contributed by atoms with van der Waals surface area (Å²) in [6.07, 6.45) is 2.12. The van der Waals surface area contributed by atoms with Gasteiger partial charge < -0.3 is 4.74 Å². The lowest BCUT2D eigenvalue weighted by Crippen LogP contribution is -2.02. The maximum absolute atomic E-state index is 11.8. The summed E-state index contributed by atoms with van der Waals surface area (Å²) in [4.78, 5) is 11.8. The molecule has 2 nitrogen and oxygen atoms in total. The molecule has 1 aliphatic carbocycles. The van der Waals surface area contributed by atoms with Crippen molar-refractivity contribution >= 4 is 5.78 Å². The molecule has 1 aromatic carbocycles. The Hall–Kier alpha value is -1.31. The molecular weight excluding hydrogens is 188 g/mol. The van der Waals surface area contributed by atoms with E-state index in [9.17, 15) is 4.79 Å². The highest BCUT2D eigenvalue weighted by molar-refractivity contribution is 5.99. The first-order chi connectivity index (χ1) is 7.22. The van der Waals surface area contributed by atoms with Gasteiger partial charge in [-0.3, -0.25) is 4.79 Å². The van der Waals surface area contributed by atoms with Gasteiger partial charge in [0.05, 0.1) is 6.61 Å². The van der Waals surface area contributed by atoms with Crippen molar-refractivity contribution in [1.82, 2.24) is 0 Å². The van der Waals surface area contributed by atoms with Gasteiger partial charge in [0, 0.05) is 11.5 Å². The molecule has 0 heterocycles. The summed E-state index contributed by atoms with van der Waals surface area (Å²) in [5, 5.41) is 0. The van der Waals surface area contributed by atoms with E-state index >= 15 is 0 Å². The van der Waals surface area contributed by atoms with Crippen molar-refractivity contribution in [3.8, 4) is 5.75 Å². The number of rotatable bonds is 4. The molecule has 0 N–H and O–H groups in total. The first-order valence-electron chi connectivity index (χ1n) is 5.50. The molecule has 0 aliphatic heterocycles. The van der Waals surface area contributed by atoms with Crippen LogP contribution in [0, 0.1) is 12.8 Å². The molecule has 0 saturated heterocycles. The predicted octanol–water partition coefficient (Wildman–Crippen LogP) is 2.99. The Morgan fingerprint density at radius 3 is 2.73 bits per heavy atom. The van der Waals surface area contributed by atoms with Crippen LogP contribution in [0.2, 0.25) is 0 Å². The molecule has 1 fully saturated rings. The maximum Gasteiger partial charge on any atom is 0.165 e. The number of hydrogen-bond acceptors (Lipinski definition) is 2. The number of Topliss-reactive ketones (excluding diaryl/α,β-unsaturated/α-hetero) is 1. The Morgan fingerprint density at radius 2 is 2.20 bits per heavy atom. The Labute approximate surface area is 90.3 Å². The van der Waals surface area contributed by atoms with Gasteiger partial charge in [-0.2, -0.15) is 0 Å². The quantitative estimate of drug-likeness (QED) is 0.705. The van der Waals surface area contributed by atoms with Crippen LogP contribution >= 0.6 is 0 Å². The fraction of sp³-hybridized carbons (Fsp3) is 0.462. The van der Waals surface area contributed by atoms with E-state index in [1.54, 1.807) is 0 Å². The summed E-state index contributed by atoms with van der Waals surface area (Å²) >= 11 is 0. The summed E-state index contributed by atoms with van der Waals surface area (Å²) in [5.41, 5.74) is 1.88. The minimum absolute atomic E-state index is 0.293. The van der Waals surface area contributed by atoms with Gasteiger partial charge in [-0.05, 0) is 50.5 Å². The van der Waals surface area contributed by atoms with Crippen molar-refractivity contribution in [2.75, 3.05) is 6.61 Å². The minimum atomic E-state index is 0.293. The SMILES string of the molecule is CCOc1ccc(C(=O)C2CC2)cc1C. The van der Waals surface area contributed by atoms with Crippen LogP contribution in [0.4, 0.5) is 0 Å². The Kier molecular flexibility index (Phi) is 2.76. The van der Waals surface area contributed by atoms with Gasteiger partial charge in [0.25, 0.3) is 0 Å². The molecule has 1 saturated carbocycles. The monoisotopic (exact) mass is 204 g/mol. The number of ether oxygens (including phenoxy) is 1. The molecule has 1 aliphatic rings. The third-order valence-corrected chi connectivity index (χ3v) is 2.71. The predicted molar refractivity (Wildman–Crippen MR) is 59.4 cm³/mol. The number of aryl methyl sites for hydroxylation is 1. The minimum Gasteiger partial charge on any atom is -0.494 e. The van der Waals surface area contributed by atoms with E-state index in [-0.39, 0.29) is 0 Å². The molecule has 0 atom stereocenters. The number of hydrogen-bond donors (Lipinski definition) is 0. The van der Waals surface area contributed by atoms with Crippen LogP contribution in [0.5, 0.6) is 5.75 Å². The lowest BCUT2D eigenvalue weighted by molar-refractivity contribution is 0.0967. The molecule has 0 aromatic heterocycles. The van der Waals surface area contributed by atoms with E-state index in [4.69, 9.17) is 4.74 Å². The Bertz CT molecular complexity index is 378. The van der Waals surface area contributed by atoms with Gasteiger partial charge in [0.2, 0.25) is 0 Å². The average Bonchev–Trinajstić information content (AvgIpc) is 3.04. The molecular formula is C13H16O2. The zero-order chi connectivity index (χ0) is 10.8. The lowest BCUT2D eigenvalue weighted by Gasteiger charge is -2.08. The fourth-order valence-electron chi connectivity index (χ4n) is 1.70. The number of benzene rings is 1. The van der Waals surface area contributed by atoms with Gasteiger partial charge in [-0.15, -0.1) is 0 Å². The van der Waals surface area contributed by atoms with Crippen molar-refractivity contribution in [3.05, 3.63) is 29.3 Å². The van der Waals surface area contributed by atoms with Crippen LogP contribution in [0.1, 0.15) is 35.7 Å². The van der Waals surface area contributed by atoms with Gasteiger partial charge in [0.15, 0.2) is 5.78 Å². The van der Waals surface area contributed by atoms with E-state index in [1.807, 2.05) is 32.0 Å². The van der Waals surface area contributed by atoms with Crippen molar-refractivity contribution in [2.24, 2.45) is 5.92 Å². The first-order valence-corrected chi connectivity index (χ1v) is 5.50. The molecule has 1 aromatic rings. The lowest BCUT2D eigenvalue weighted by atomic mass is 10.0. The van der Waals surface area contributed by atoms with E-state index < -0.39 is 0 Å². The molecule has 15 heavy (non-hydrogen) atoms. The van der Waals surface area contributed by atoms with Gasteiger partial charge in [-0.1, -0.05) is 0 Å². The van der Waals surface area contributed by atoms with Crippen molar-refractivity contribution in [3.63, 3.8) is 0 Å². The maximum atomic E-state index is 11.8. The van der Waals surface area contributed by atoms with E-state index in [0.29, 0.717) is 18.3 Å². The smallest absolute Gasteiger partial charge is 0.165 e. The van der Waals surface area contributed by atoms with Crippen molar-refractivity contribution < 1.29 is 9.53 Å². The number of carbonyl (C=O) groups is 1. The average molecular weight is 204 g/mol. The van der Waals surface area contributed by atoms with Crippen LogP contribution in [-0.4, -0.2) is 12.4 Å². The van der Waals surface area contributed by atoms with Crippen LogP contribution in [0.15, 0.2) is 18.2 Å². The standard InChI is InChI=1S/C13H16O2/c1-3-15-12-7-6-11(8-9(12)2)13(14)10-4-5-10/h6-8,10H,3-5H2,1-2H3.